The number of aromatic nitrogens is 1. The summed E-state index contributed by atoms with van der Waals surface area (Å²) in [6.45, 7) is 0. The summed E-state index contributed by atoms with van der Waals surface area (Å²) in [5.41, 5.74) is 0.793. The van der Waals surface area contributed by atoms with Crippen LogP contribution in [0.2, 0.25) is 0 Å². The van der Waals surface area contributed by atoms with E-state index in [1.54, 1.807) is 0 Å². The summed E-state index contributed by atoms with van der Waals surface area (Å²) in [5.74, 6) is 0.420. The van der Waals surface area contributed by atoms with Gasteiger partial charge in [-0.05, 0) is 0 Å². The van der Waals surface area contributed by atoms with Crippen molar-refractivity contribution in [1.82, 2.24) is 5.16 Å². The highest BCUT2D eigenvalue weighted by Gasteiger charge is 1.88. The Kier molecular flexibility index (Phi) is 1.32. The molecule has 0 aliphatic heterocycles. The van der Waals surface area contributed by atoms with Crippen molar-refractivity contribution in [2.24, 2.45) is 0 Å². The second kappa shape index (κ2) is 1.98. The molecule has 37 valence electrons. The lowest BCUT2D eigenvalue weighted by atomic mass is 10.4. The fourth-order valence-electron chi connectivity index (χ4n) is 0.263. The van der Waals surface area contributed by atoms with Gasteiger partial charge in [0.15, 0.2) is 0 Å². The molecule has 1 aromatic heterocycles. The quantitative estimate of drug-likeness (QED) is 0.516. The van der Waals surface area contributed by atoms with Gasteiger partial charge in [0.25, 0.3) is 0 Å². The maximum absolute atomic E-state index is 5.34. The molecular weight excluding hydrogens is 114 g/mol. The van der Waals surface area contributed by atoms with Gasteiger partial charge in [0, 0.05) is 5.56 Å². The zero-order valence-electron chi connectivity index (χ0n) is 3.52. The average molecular weight is 117 g/mol. The Labute approximate surface area is 46.1 Å². The molecule has 1 rings (SSSR count). The number of nitrogens with zero attached hydrogens (tertiary/aromatic N) is 1. The summed E-state index contributed by atoms with van der Waals surface area (Å²) < 4.78 is 4.42. The first-order chi connectivity index (χ1) is 3.43. The number of halogens is 1. The van der Waals surface area contributed by atoms with Crippen LogP contribution in [0.25, 0.3) is 0 Å². The smallest absolute Gasteiger partial charge is 0.140 e. The van der Waals surface area contributed by atoms with Crippen LogP contribution in [0.1, 0.15) is 5.56 Å². The van der Waals surface area contributed by atoms with Gasteiger partial charge in [-0.15, -0.1) is 11.6 Å². The molecule has 3 heteroatoms. The van der Waals surface area contributed by atoms with Crippen molar-refractivity contribution in [3.8, 4) is 0 Å². The fraction of sp³-hybridized carbons (Fsp3) is 0.250. The van der Waals surface area contributed by atoms with Crippen molar-refractivity contribution in [2.45, 2.75) is 5.88 Å². The van der Waals surface area contributed by atoms with Gasteiger partial charge >= 0.3 is 0 Å². The number of hydrogen-bond acceptors (Lipinski definition) is 2. The van der Waals surface area contributed by atoms with Gasteiger partial charge < -0.3 is 4.52 Å². The highest BCUT2D eigenvalue weighted by molar-refractivity contribution is 6.16. The van der Waals surface area contributed by atoms with E-state index in [1.165, 1.54) is 6.26 Å². The minimum Gasteiger partial charge on any atom is -0.364 e. The van der Waals surface area contributed by atoms with Crippen LogP contribution in [-0.4, -0.2) is 5.16 Å². The van der Waals surface area contributed by atoms with Crippen LogP contribution < -0.4 is 0 Å². The molecule has 0 atom stereocenters. The summed E-state index contributed by atoms with van der Waals surface area (Å²) in [6, 6.07) is 0. The van der Waals surface area contributed by atoms with Crippen LogP contribution in [0, 0.1) is 6.20 Å². The van der Waals surface area contributed by atoms with Crippen molar-refractivity contribution in [3.63, 3.8) is 0 Å². The minimum atomic E-state index is 0.420. The third-order valence-electron chi connectivity index (χ3n) is 0.581. The molecule has 0 spiro atoms. The highest BCUT2D eigenvalue weighted by Crippen LogP contribution is 1.97. The van der Waals surface area contributed by atoms with Gasteiger partial charge in [-0.1, -0.05) is 5.16 Å². The van der Waals surface area contributed by atoms with Gasteiger partial charge in [0.1, 0.15) is 12.5 Å². The Morgan fingerprint density at radius 2 is 2.86 bits per heavy atom. The second-order valence-electron chi connectivity index (χ2n) is 1.09. The molecule has 0 aliphatic rings. The van der Waals surface area contributed by atoms with Crippen molar-refractivity contribution < 1.29 is 4.52 Å². The van der Waals surface area contributed by atoms with Crippen LogP contribution in [-0.2, 0) is 5.88 Å². The fourth-order valence-corrected chi connectivity index (χ4v) is 0.385. The summed E-state index contributed by atoms with van der Waals surface area (Å²) in [6.07, 6.45) is 4.00. The highest BCUT2D eigenvalue weighted by atomic mass is 35.5. The molecule has 0 aliphatic carbocycles. The first-order valence-electron chi connectivity index (χ1n) is 1.80. The van der Waals surface area contributed by atoms with Crippen molar-refractivity contribution in [3.05, 3.63) is 18.0 Å². The van der Waals surface area contributed by atoms with Crippen LogP contribution in [0.3, 0.4) is 0 Å². The molecule has 0 saturated carbocycles. The number of alkyl halides is 1. The minimum absolute atomic E-state index is 0.420. The summed E-state index contributed by atoms with van der Waals surface area (Å²) >= 11 is 5.34. The molecule has 0 unspecified atom stereocenters. The topological polar surface area (TPSA) is 26.0 Å². The molecule has 0 saturated heterocycles. The average Bonchev–Trinajstić information content (AvgIpc) is 2.14. The third-order valence-corrected chi connectivity index (χ3v) is 0.869. The van der Waals surface area contributed by atoms with Gasteiger partial charge in [0.2, 0.25) is 0 Å². The van der Waals surface area contributed by atoms with Crippen LogP contribution in [0.15, 0.2) is 10.8 Å². The molecule has 0 fully saturated rings. The van der Waals surface area contributed by atoms with Gasteiger partial charge in [-0.2, -0.15) is 0 Å². The van der Waals surface area contributed by atoms with Crippen LogP contribution in [0.5, 0.6) is 0 Å². The first-order valence-corrected chi connectivity index (χ1v) is 2.34. The molecular formula is C4H3ClNO. The summed E-state index contributed by atoms with van der Waals surface area (Å²) in [7, 11) is 0. The lowest BCUT2D eigenvalue weighted by Crippen LogP contribution is -1.64. The lowest BCUT2D eigenvalue weighted by Gasteiger charge is -1.71. The van der Waals surface area contributed by atoms with Crippen LogP contribution >= 0.6 is 11.6 Å². The monoisotopic (exact) mass is 116 g/mol. The van der Waals surface area contributed by atoms with E-state index in [0.29, 0.717) is 5.88 Å². The SMILES string of the molecule is ClCc1[c]noc1. The molecule has 1 aromatic rings. The van der Waals surface area contributed by atoms with Crippen molar-refractivity contribution >= 4 is 11.6 Å². The summed E-state index contributed by atoms with van der Waals surface area (Å²) in [4.78, 5) is 0. The van der Waals surface area contributed by atoms with Crippen molar-refractivity contribution in [2.75, 3.05) is 0 Å². The zero-order chi connectivity index (χ0) is 5.11. The van der Waals surface area contributed by atoms with E-state index in [1.807, 2.05) is 0 Å². The Balaban J connectivity index is 2.76. The summed E-state index contributed by atoms with van der Waals surface area (Å²) in [5, 5.41) is 3.31. The lowest BCUT2D eigenvalue weighted by molar-refractivity contribution is 0.418. The van der Waals surface area contributed by atoms with E-state index >= 15 is 0 Å². The molecule has 0 bridgehead atoms. The second-order valence-corrected chi connectivity index (χ2v) is 1.35. The Morgan fingerprint density at radius 3 is 3.14 bits per heavy atom. The van der Waals surface area contributed by atoms with E-state index in [0.717, 1.165) is 5.56 Å². The van der Waals surface area contributed by atoms with E-state index in [9.17, 15) is 0 Å². The Morgan fingerprint density at radius 1 is 2.00 bits per heavy atom. The molecule has 0 N–H and O–H groups in total. The van der Waals surface area contributed by atoms with Gasteiger partial charge in [-0.25, -0.2) is 0 Å². The molecule has 0 amide bonds. The van der Waals surface area contributed by atoms with Crippen molar-refractivity contribution in [1.29, 1.82) is 0 Å². The number of hydrogen-bond donors (Lipinski definition) is 0. The molecule has 1 heterocycles. The van der Waals surface area contributed by atoms with Gasteiger partial charge in [-0.3, -0.25) is 0 Å². The predicted molar refractivity (Wildman–Crippen MR) is 24.9 cm³/mol. The largest absolute Gasteiger partial charge is 0.364 e. The van der Waals surface area contributed by atoms with E-state index < -0.39 is 0 Å². The van der Waals surface area contributed by atoms with E-state index in [-0.39, 0.29) is 0 Å². The number of rotatable bonds is 1. The maximum Gasteiger partial charge on any atom is 0.140 e. The predicted octanol–water partition coefficient (Wildman–Crippen LogP) is 1.21. The zero-order valence-corrected chi connectivity index (χ0v) is 4.27. The molecule has 1 radical (unpaired) electrons. The molecule has 0 aromatic carbocycles. The third kappa shape index (κ3) is 0.933. The Bertz CT molecular complexity index is 126. The normalized spacial score (nSPS) is 9.29. The van der Waals surface area contributed by atoms with Gasteiger partial charge in [0.05, 0.1) is 5.88 Å². The standard InChI is InChI=1S/C4H3ClNO/c5-1-4-2-6-7-3-4/h3H,1H2. The van der Waals surface area contributed by atoms with Crippen LogP contribution in [0.4, 0.5) is 0 Å². The maximum atomic E-state index is 5.34. The van der Waals surface area contributed by atoms with E-state index in [4.69, 9.17) is 11.6 Å². The van der Waals surface area contributed by atoms with E-state index in [2.05, 4.69) is 15.9 Å². The first kappa shape index (κ1) is 4.65. The Hall–Kier alpha value is -0.500. The molecule has 7 heavy (non-hydrogen) atoms. The molecule has 2 nitrogen and oxygen atoms in total.